The third kappa shape index (κ3) is 3.16. The van der Waals surface area contributed by atoms with E-state index in [4.69, 9.17) is 0 Å². The van der Waals surface area contributed by atoms with Crippen molar-refractivity contribution in [3.05, 3.63) is 65.5 Å². The van der Waals surface area contributed by atoms with Crippen LogP contribution in [0.1, 0.15) is 31.2 Å². The molecule has 7 heteroatoms. The molecule has 2 saturated heterocycles. The number of halogens is 3. The first-order chi connectivity index (χ1) is 12.9. The zero-order chi connectivity index (χ0) is 19.2. The average Bonchev–Trinajstić information content (AvgIpc) is 2.90. The van der Waals surface area contributed by atoms with Gasteiger partial charge in [-0.05, 0) is 31.0 Å². The lowest BCUT2D eigenvalue weighted by Gasteiger charge is -2.44. The summed E-state index contributed by atoms with van der Waals surface area (Å²) in [7, 11) is 0. The summed E-state index contributed by atoms with van der Waals surface area (Å²) in [4.78, 5) is 14.3. The molecule has 0 aliphatic carbocycles. The van der Waals surface area contributed by atoms with Crippen molar-refractivity contribution < 1.29 is 23.1 Å². The van der Waals surface area contributed by atoms with E-state index in [0.717, 1.165) is 6.07 Å². The third-order valence-electron chi connectivity index (χ3n) is 5.55. The van der Waals surface area contributed by atoms with Crippen LogP contribution < -0.4 is 5.32 Å². The Hall–Kier alpha value is -2.54. The van der Waals surface area contributed by atoms with Gasteiger partial charge in [0, 0.05) is 36.6 Å². The first-order valence-corrected chi connectivity index (χ1v) is 8.89. The van der Waals surface area contributed by atoms with Crippen LogP contribution in [0.15, 0.2) is 42.5 Å². The number of hydrogen-bond donors (Lipinski definition) is 2. The highest BCUT2D eigenvalue weighted by molar-refractivity contribution is 5.90. The van der Waals surface area contributed by atoms with Crippen molar-refractivity contribution in [2.75, 3.05) is 5.32 Å². The minimum atomic E-state index is -1.34. The molecular weight excluding hydrogens is 357 g/mol. The number of aliphatic hydroxyl groups is 1. The smallest absolute Gasteiger partial charge is 0.322 e. The molecule has 4 rings (SSSR count). The molecule has 2 bridgehead atoms. The quantitative estimate of drug-likeness (QED) is 0.827. The lowest BCUT2D eigenvalue weighted by molar-refractivity contribution is -0.0445. The summed E-state index contributed by atoms with van der Waals surface area (Å²) in [5, 5.41) is 13.5. The van der Waals surface area contributed by atoms with E-state index in [2.05, 4.69) is 5.32 Å². The Bertz CT molecular complexity index is 875. The van der Waals surface area contributed by atoms with Gasteiger partial charge in [-0.1, -0.05) is 18.2 Å². The summed E-state index contributed by atoms with van der Waals surface area (Å²) in [6.07, 6.45) is 1.79. The topological polar surface area (TPSA) is 52.6 Å². The van der Waals surface area contributed by atoms with E-state index < -0.39 is 29.1 Å². The number of fused-ring (bicyclic) bond motifs is 2. The van der Waals surface area contributed by atoms with Gasteiger partial charge in [-0.25, -0.2) is 18.0 Å². The summed E-state index contributed by atoms with van der Waals surface area (Å²) in [6, 6.07) is 8.01. The van der Waals surface area contributed by atoms with Crippen LogP contribution in [0.4, 0.5) is 23.7 Å². The molecule has 0 aromatic heterocycles. The van der Waals surface area contributed by atoms with Crippen LogP contribution in [0.2, 0.25) is 0 Å². The second-order valence-electron chi connectivity index (χ2n) is 7.27. The maximum atomic E-state index is 14.2. The normalized spacial score (nSPS) is 26.9. The first-order valence-electron chi connectivity index (χ1n) is 8.89. The van der Waals surface area contributed by atoms with E-state index in [1.807, 2.05) is 0 Å². The Balaban J connectivity index is 1.54. The van der Waals surface area contributed by atoms with Gasteiger partial charge in [0.2, 0.25) is 0 Å². The fourth-order valence-corrected chi connectivity index (χ4v) is 4.39. The number of rotatable bonds is 2. The maximum Gasteiger partial charge on any atom is 0.322 e. The van der Waals surface area contributed by atoms with E-state index >= 15 is 0 Å². The predicted molar refractivity (Wildman–Crippen MR) is 93.6 cm³/mol. The van der Waals surface area contributed by atoms with Crippen LogP contribution >= 0.6 is 0 Å². The Labute approximate surface area is 154 Å². The van der Waals surface area contributed by atoms with Gasteiger partial charge in [0.15, 0.2) is 0 Å². The van der Waals surface area contributed by atoms with Crippen molar-refractivity contribution in [1.82, 2.24) is 4.90 Å². The van der Waals surface area contributed by atoms with E-state index in [1.165, 1.54) is 12.1 Å². The van der Waals surface area contributed by atoms with Gasteiger partial charge in [0.05, 0.1) is 11.3 Å². The molecule has 4 nitrogen and oxygen atoms in total. The van der Waals surface area contributed by atoms with Crippen molar-refractivity contribution in [3.8, 4) is 0 Å². The minimum absolute atomic E-state index is 0.101. The highest BCUT2D eigenvalue weighted by Gasteiger charge is 2.50. The standard InChI is InChI=1S/C20H19F3N2O2/c21-12-5-8-18(17(23)9-12)24-19(26)25-13-6-7-14(25)11-20(27,10-13)15-3-1-2-4-16(15)22/h1-5,8-9,13-14,27H,6-7,10-11H2,(H,24,26)/t13-,14-/m1/s1. The molecule has 2 aromatic carbocycles. The summed E-state index contributed by atoms with van der Waals surface area (Å²) in [5.41, 5.74) is -1.20. The Morgan fingerprint density at radius 2 is 1.70 bits per heavy atom. The van der Waals surface area contributed by atoms with E-state index in [-0.39, 0.29) is 36.2 Å². The number of nitrogens with one attached hydrogen (secondary N) is 1. The monoisotopic (exact) mass is 376 g/mol. The first kappa shape index (κ1) is 17.9. The molecule has 2 fully saturated rings. The number of carbonyl (C=O) groups excluding carboxylic acids is 1. The van der Waals surface area contributed by atoms with Crippen molar-refractivity contribution in [2.24, 2.45) is 0 Å². The zero-order valence-corrected chi connectivity index (χ0v) is 14.5. The summed E-state index contributed by atoms with van der Waals surface area (Å²) < 4.78 is 41.0. The van der Waals surface area contributed by atoms with Crippen LogP contribution in [-0.4, -0.2) is 28.1 Å². The number of benzene rings is 2. The number of amides is 2. The van der Waals surface area contributed by atoms with Crippen LogP contribution in [0.3, 0.4) is 0 Å². The summed E-state index contributed by atoms with van der Waals surface area (Å²) in [6.45, 7) is 0. The van der Waals surface area contributed by atoms with Gasteiger partial charge in [-0.15, -0.1) is 0 Å². The van der Waals surface area contributed by atoms with Crippen molar-refractivity contribution in [2.45, 2.75) is 43.4 Å². The lowest BCUT2D eigenvalue weighted by atomic mass is 9.80. The zero-order valence-electron chi connectivity index (χ0n) is 14.5. The second-order valence-corrected chi connectivity index (χ2v) is 7.27. The largest absolute Gasteiger partial charge is 0.385 e. The molecule has 0 radical (unpaired) electrons. The second kappa shape index (κ2) is 6.56. The Kier molecular flexibility index (Phi) is 4.34. The van der Waals surface area contributed by atoms with Gasteiger partial charge in [-0.2, -0.15) is 0 Å². The summed E-state index contributed by atoms with van der Waals surface area (Å²) in [5.74, 6) is -2.04. The van der Waals surface area contributed by atoms with Crippen LogP contribution in [0, 0.1) is 17.5 Å². The number of nitrogens with zero attached hydrogens (tertiary/aromatic N) is 1. The van der Waals surface area contributed by atoms with Crippen molar-refractivity contribution in [1.29, 1.82) is 0 Å². The van der Waals surface area contributed by atoms with Crippen molar-refractivity contribution >= 4 is 11.7 Å². The molecule has 2 N–H and O–H groups in total. The number of urea groups is 1. The highest BCUT2D eigenvalue weighted by Crippen LogP contribution is 2.46. The molecule has 2 aliphatic heterocycles. The van der Waals surface area contributed by atoms with Crippen molar-refractivity contribution in [3.63, 3.8) is 0 Å². The number of carbonyl (C=O) groups is 1. The molecular formula is C20H19F3N2O2. The van der Waals surface area contributed by atoms with Gasteiger partial charge in [0.25, 0.3) is 0 Å². The van der Waals surface area contributed by atoms with Gasteiger partial charge >= 0.3 is 6.03 Å². The van der Waals surface area contributed by atoms with E-state index in [0.29, 0.717) is 18.9 Å². The van der Waals surface area contributed by atoms with E-state index in [1.54, 1.807) is 23.1 Å². The third-order valence-corrected chi connectivity index (χ3v) is 5.55. The average molecular weight is 376 g/mol. The van der Waals surface area contributed by atoms with Crippen LogP contribution in [-0.2, 0) is 5.60 Å². The summed E-state index contributed by atoms with van der Waals surface area (Å²) >= 11 is 0. The number of hydrogen-bond acceptors (Lipinski definition) is 2. The minimum Gasteiger partial charge on any atom is -0.385 e. The molecule has 0 saturated carbocycles. The lowest BCUT2D eigenvalue weighted by Crippen LogP contribution is -2.53. The number of piperidine rings is 1. The molecule has 2 aromatic rings. The molecule has 0 unspecified atom stereocenters. The molecule has 2 aliphatic rings. The molecule has 2 atom stereocenters. The van der Waals surface area contributed by atoms with Crippen LogP contribution in [0.5, 0.6) is 0 Å². The Morgan fingerprint density at radius 1 is 1.04 bits per heavy atom. The highest BCUT2D eigenvalue weighted by atomic mass is 19.1. The fraction of sp³-hybridized carbons (Fsp3) is 0.350. The Morgan fingerprint density at radius 3 is 2.33 bits per heavy atom. The molecule has 0 spiro atoms. The van der Waals surface area contributed by atoms with Crippen LogP contribution in [0.25, 0.3) is 0 Å². The molecule has 142 valence electrons. The number of anilines is 1. The van der Waals surface area contributed by atoms with E-state index in [9.17, 15) is 23.1 Å². The van der Waals surface area contributed by atoms with Gasteiger partial charge in [-0.3, -0.25) is 0 Å². The maximum absolute atomic E-state index is 14.2. The fourth-order valence-electron chi connectivity index (χ4n) is 4.39. The molecule has 2 amide bonds. The predicted octanol–water partition coefficient (Wildman–Crippen LogP) is 4.15. The van der Waals surface area contributed by atoms with Gasteiger partial charge in [0.1, 0.15) is 17.5 Å². The molecule has 27 heavy (non-hydrogen) atoms. The molecule has 2 heterocycles. The van der Waals surface area contributed by atoms with Gasteiger partial charge < -0.3 is 15.3 Å². The SMILES string of the molecule is O=C(Nc1ccc(F)cc1F)N1[C@@H]2CC[C@@H]1CC(O)(c1ccccc1F)C2.